The molecular formula is C12H15BrN2O2. The lowest BCUT2D eigenvalue weighted by molar-refractivity contribution is -0.116. The number of ether oxygens (including phenoxy) is 1. The van der Waals surface area contributed by atoms with Crippen molar-refractivity contribution in [2.24, 2.45) is 0 Å². The van der Waals surface area contributed by atoms with Crippen LogP contribution in [-0.4, -0.2) is 23.6 Å². The van der Waals surface area contributed by atoms with Gasteiger partial charge in [0.1, 0.15) is 4.60 Å². The molecule has 1 aromatic rings. The van der Waals surface area contributed by atoms with Crippen LogP contribution in [0.1, 0.15) is 25.7 Å². The minimum Gasteiger partial charge on any atom is -0.378 e. The summed E-state index contributed by atoms with van der Waals surface area (Å²) in [5.41, 5.74) is 0.713. The van der Waals surface area contributed by atoms with Crippen molar-refractivity contribution in [1.29, 1.82) is 0 Å². The molecular weight excluding hydrogens is 284 g/mol. The van der Waals surface area contributed by atoms with E-state index < -0.39 is 0 Å². The van der Waals surface area contributed by atoms with Crippen LogP contribution in [0, 0.1) is 0 Å². The van der Waals surface area contributed by atoms with Crippen LogP contribution in [0.15, 0.2) is 22.9 Å². The maximum Gasteiger partial charge on any atom is 0.224 e. The van der Waals surface area contributed by atoms with E-state index in [1.54, 1.807) is 12.3 Å². The fourth-order valence-electron chi connectivity index (χ4n) is 1.86. The average molecular weight is 299 g/mol. The Kier molecular flexibility index (Phi) is 4.50. The molecule has 17 heavy (non-hydrogen) atoms. The Balaban J connectivity index is 1.79. The number of anilines is 1. The molecule has 0 aromatic carbocycles. The quantitative estimate of drug-likeness (QED) is 0.870. The third-order valence-corrected chi connectivity index (χ3v) is 3.38. The first kappa shape index (κ1) is 12.5. The maximum absolute atomic E-state index is 11.7. The van der Waals surface area contributed by atoms with Crippen LogP contribution >= 0.6 is 15.9 Å². The molecule has 0 bridgehead atoms. The van der Waals surface area contributed by atoms with Crippen LogP contribution in [-0.2, 0) is 9.53 Å². The number of nitrogens with zero attached hydrogens (tertiary/aromatic N) is 1. The third-order valence-electron chi connectivity index (χ3n) is 2.75. The zero-order valence-electron chi connectivity index (χ0n) is 9.49. The number of aromatic nitrogens is 1. The van der Waals surface area contributed by atoms with E-state index in [9.17, 15) is 4.79 Å². The lowest BCUT2D eigenvalue weighted by atomic mass is 10.1. The van der Waals surface area contributed by atoms with Crippen LogP contribution in [0.4, 0.5) is 5.69 Å². The molecule has 4 nitrogen and oxygen atoms in total. The van der Waals surface area contributed by atoms with Crippen molar-refractivity contribution in [3.05, 3.63) is 22.9 Å². The molecule has 1 N–H and O–H groups in total. The number of amides is 1. The molecule has 1 unspecified atom stereocenters. The van der Waals surface area contributed by atoms with E-state index in [0.29, 0.717) is 16.7 Å². The smallest absolute Gasteiger partial charge is 0.224 e. The first-order chi connectivity index (χ1) is 8.25. The maximum atomic E-state index is 11.7. The van der Waals surface area contributed by atoms with Gasteiger partial charge < -0.3 is 10.1 Å². The van der Waals surface area contributed by atoms with Crippen LogP contribution < -0.4 is 5.32 Å². The molecule has 2 rings (SSSR count). The fourth-order valence-corrected chi connectivity index (χ4v) is 2.21. The number of rotatable bonds is 4. The summed E-state index contributed by atoms with van der Waals surface area (Å²) in [6.07, 6.45) is 5.41. The Labute approximate surface area is 109 Å². The Morgan fingerprint density at radius 1 is 1.65 bits per heavy atom. The Bertz CT molecular complexity index is 392. The second-order valence-electron chi connectivity index (χ2n) is 4.06. The fraction of sp³-hybridized carbons (Fsp3) is 0.500. The van der Waals surface area contributed by atoms with Crippen LogP contribution in [0.5, 0.6) is 0 Å². The summed E-state index contributed by atoms with van der Waals surface area (Å²) in [6.45, 7) is 0.834. The SMILES string of the molecule is O=C(CCC1CCCO1)Nc1cccnc1Br. The van der Waals surface area contributed by atoms with E-state index in [1.807, 2.05) is 6.07 Å². The largest absolute Gasteiger partial charge is 0.378 e. The number of hydrogen-bond acceptors (Lipinski definition) is 3. The molecule has 1 fully saturated rings. The Hall–Kier alpha value is -0.940. The van der Waals surface area contributed by atoms with Gasteiger partial charge >= 0.3 is 0 Å². The minimum absolute atomic E-state index is 0.00852. The van der Waals surface area contributed by atoms with Gasteiger partial charge in [-0.05, 0) is 47.3 Å². The number of carbonyl (C=O) groups is 1. The number of hydrogen-bond donors (Lipinski definition) is 1. The first-order valence-corrected chi connectivity index (χ1v) is 6.57. The molecule has 2 heterocycles. The monoisotopic (exact) mass is 298 g/mol. The molecule has 1 amide bonds. The molecule has 0 spiro atoms. The zero-order valence-corrected chi connectivity index (χ0v) is 11.1. The molecule has 0 radical (unpaired) electrons. The number of pyridine rings is 1. The summed E-state index contributed by atoms with van der Waals surface area (Å²) in [6, 6.07) is 3.61. The van der Waals surface area contributed by atoms with Gasteiger partial charge in [0.15, 0.2) is 0 Å². The topological polar surface area (TPSA) is 51.2 Å². The standard InChI is InChI=1S/C12H15BrN2O2/c13-12-10(4-1-7-14-12)15-11(16)6-5-9-3-2-8-17-9/h1,4,7,9H,2-3,5-6,8H2,(H,15,16). The van der Waals surface area contributed by atoms with E-state index in [1.165, 1.54) is 0 Å². The lowest BCUT2D eigenvalue weighted by Crippen LogP contribution is -2.15. The molecule has 0 saturated carbocycles. The van der Waals surface area contributed by atoms with Gasteiger partial charge in [0.2, 0.25) is 5.91 Å². The van der Waals surface area contributed by atoms with E-state index in [-0.39, 0.29) is 12.0 Å². The van der Waals surface area contributed by atoms with Crippen LogP contribution in [0.2, 0.25) is 0 Å². The molecule has 1 atom stereocenters. The van der Waals surface area contributed by atoms with Gasteiger partial charge in [-0.3, -0.25) is 4.79 Å². The second-order valence-corrected chi connectivity index (χ2v) is 4.81. The van der Waals surface area contributed by atoms with Gasteiger partial charge in [0.05, 0.1) is 11.8 Å². The molecule has 1 aliphatic rings. The molecule has 1 aromatic heterocycles. The van der Waals surface area contributed by atoms with Crippen molar-refractivity contribution in [2.45, 2.75) is 31.8 Å². The summed E-state index contributed by atoms with van der Waals surface area (Å²) in [7, 11) is 0. The molecule has 0 aliphatic carbocycles. The van der Waals surface area contributed by atoms with Crippen molar-refractivity contribution >= 4 is 27.5 Å². The summed E-state index contributed by atoms with van der Waals surface area (Å²) in [4.78, 5) is 15.8. The molecule has 92 valence electrons. The molecule has 1 saturated heterocycles. The van der Waals surface area contributed by atoms with Crippen molar-refractivity contribution in [2.75, 3.05) is 11.9 Å². The minimum atomic E-state index is 0.00852. The number of halogens is 1. The molecule has 5 heteroatoms. The summed E-state index contributed by atoms with van der Waals surface area (Å²) < 4.78 is 6.13. The van der Waals surface area contributed by atoms with E-state index >= 15 is 0 Å². The van der Waals surface area contributed by atoms with Crippen molar-refractivity contribution < 1.29 is 9.53 Å². The Morgan fingerprint density at radius 3 is 3.24 bits per heavy atom. The first-order valence-electron chi connectivity index (χ1n) is 5.77. The van der Waals surface area contributed by atoms with Gasteiger partial charge in [-0.2, -0.15) is 0 Å². The van der Waals surface area contributed by atoms with Gasteiger partial charge in [0.25, 0.3) is 0 Å². The lowest BCUT2D eigenvalue weighted by Gasteiger charge is -2.09. The highest BCUT2D eigenvalue weighted by molar-refractivity contribution is 9.10. The van der Waals surface area contributed by atoms with E-state index in [0.717, 1.165) is 25.9 Å². The predicted molar refractivity (Wildman–Crippen MR) is 68.8 cm³/mol. The number of carbonyl (C=O) groups excluding carboxylic acids is 1. The van der Waals surface area contributed by atoms with E-state index in [2.05, 4.69) is 26.2 Å². The number of nitrogens with one attached hydrogen (secondary N) is 1. The predicted octanol–water partition coefficient (Wildman–Crippen LogP) is 2.74. The van der Waals surface area contributed by atoms with E-state index in [4.69, 9.17) is 4.74 Å². The van der Waals surface area contributed by atoms with Gasteiger partial charge in [-0.15, -0.1) is 0 Å². The summed E-state index contributed by atoms with van der Waals surface area (Å²) >= 11 is 3.29. The summed E-state index contributed by atoms with van der Waals surface area (Å²) in [5.74, 6) is 0.00852. The highest BCUT2D eigenvalue weighted by Crippen LogP contribution is 2.20. The van der Waals surface area contributed by atoms with Gasteiger partial charge in [0, 0.05) is 19.2 Å². The normalized spacial score (nSPS) is 19.2. The third kappa shape index (κ3) is 3.78. The van der Waals surface area contributed by atoms with Crippen LogP contribution in [0.3, 0.4) is 0 Å². The molecule has 1 aliphatic heterocycles. The average Bonchev–Trinajstić information content (AvgIpc) is 2.82. The highest BCUT2D eigenvalue weighted by atomic mass is 79.9. The zero-order chi connectivity index (χ0) is 12.1. The second kappa shape index (κ2) is 6.12. The Morgan fingerprint density at radius 2 is 2.53 bits per heavy atom. The summed E-state index contributed by atoms with van der Waals surface area (Å²) in [5, 5.41) is 2.83. The van der Waals surface area contributed by atoms with Crippen molar-refractivity contribution in [3.63, 3.8) is 0 Å². The van der Waals surface area contributed by atoms with Crippen LogP contribution in [0.25, 0.3) is 0 Å². The van der Waals surface area contributed by atoms with Gasteiger partial charge in [-0.1, -0.05) is 0 Å². The van der Waals surface area contributed by atoms with Gasteiger partial charge in [-0.25, -0.2) is 4.98 Å². The van der Waals surface area contributed by atoms with Crippen molar-refractivity contribution in [1.82, 2.24) is 4.98 Å². The van der Waals surface area contributed by atoms with Crippen molar-refractivity contribution in [3.8, 4) is 0 Å². The highest BCUT2D eigenvalue weighted by Gasteiger charge is 2.16.